The molecule has 0 saturated carbocycles. The Kier molecular flexibility index (Phi) is 8.20. The SMILES string of the molecule is COc1cc(COC(=O)C(CO)NC(=O)c2ccccc2)c([N+](=O)[O-])cc1OC(F)F. The molecule has 2 rings (SSSR count). The summed E-state index contributed by atoms with van der Waals surface area (Å²) >= 11 is 0. The number of benzene rings is 2. The average Bonchev–Trinajstić information content (AvgIpc) is 2.75. The van der Waals surface area contributed by atoms with Crippen LogP contribution in [0.3, 0.4) is 0 Å². The van der Waals surface area contributed by atoms with Gasteiger partial charge in [-0.15, -0.1) is 0 Å². The van der Waals surface area contributed by atoms with Gasteiger partial charge in [0.2, 0.25) is 0 Å². The Hall–Kier alpha value is -3.80. The molecule has 2 N–H and O–H groups in total. The lowest BCUT2D eigenvalue weighted by atomic mass is 10.1. The van der Waals surface area contributed by atoms with Gasteiger partial charge < -0.3 is 24.6 Å². The van der Waals surface area contributed by atoms with Crippen LogP contribution in [0.15, 0.2) is 42.5 Å². The summed E-state index contributed by atoms with van der Waals surface area (Å²) in [5, 5.41) is 23.0. The molecule has 0 radical (unpaired) electrons. The number of aliphatic hydroxyl groups excluding tert-OH is 1. The highest BCUT2D eigenvalue weighted by Gasteiger charge is 2.26. The van der Waals surface area contributed by atoms with Crippen LogP contribution in [0.25, 0.3) is 0 Å². The zero-order valence-electron chi connectivity index (χ0n) is 16.1. The molecule has 1 atom stereocenters. The number of nitrogens with zero attached hydrogens (tertiary/aromatic N) is 1. The Labute approximate surface area is 174 Å². The van der Waals surface area contributed by atoms with Crippen molar-refractivity contribution in [3.8, 4) is 11.5 Å². The predicted molar refractivity (Wildman–Crippen MR) is 101 cm³/mol. The molecule has 0 heterocycles. The maximum Gasteiger partial charge on any atom is 0.387 e. The number of carbonyl (C=O) groups is 2. The van der Waals surface area contributed by atoms with E-state index in [1.165, 1.54) is 12.1 Å². The Balaban J connectivity index is 2.15. The fourth-order valence-electron chi connectivity index (χ4n) is 2.48. The highest BCUT2D eigenvalue weighted by Crippen LogP contribution is 2.36. The third kappa shape index (κ3) is 6.34. The molecule has 0 aromatic heterocycles. The second-order valence-corrected chi connectivity index (χ2v) is 5.95. The van der Waals surface area contributed by atoms with Gasteiger partial charge in [-0.2, -0.15) is 8.78 Å². The van der Waals surface area contributed by atoms with E-state index in [-0.39, 0.29) is 16.9 Å². The van der Waals surface area contributed by atoms with Crippen LogP contribution in [0.2, 0.25) is 0 Å². The lowest BCUT2D eigenvalue weighted by Crippen LogP contribution is -2.44. The van der Waals surface area contributed by atoms with Crippen LogP contribution < -0.4 is 14.8 Å². The van der Waals surface area contributed by atoms with E-state index in [0.717, 1.165) is 19.2 Å². The van der Waals surface area contributed by atoms with Gasteiger partial charge in [-0.05, 0) is 18.2 Å². The van der Waals surface area contributed by atoms with Gasteiger partial charge in [-0.1, -0.05) is 18.2 Å². The molecule has 0 aliphatic rings. The number of esters is 1. The van der Waals surface area contributed by atoms with E-state index in [1.54, 1.807) is 18.2 Å². The minimum atomic E-state index is -3.24. The van der Waals surface area contributed by atoms with Crippen molar-refractivity contribution >= 4 is 17.6 Å². The van der Waals surface area contributed by atoms with E-state index >= 15 is 0 Å². The number of nitro benzene ring substituents is 1. The van der Waals surface area contributed by atoms with Crippen LogP contribution in [0.4, 0.5) is 14.5 Å². The number of hydrogen-bond donors (Lipinski definition) is 2. The summed E-state index contributed by atoms with van der Waals surface area (Å²) in [5.74, 6) is -2.51. The van der Waals surface area contributed by atoms with E-state index in [1.807, 2.05) is 0 Å². The minimum absolute atomic E-state index is 0.178. The molecular formula is C19H18F2N2O8. The summed E-state index contributed by atoms with van der Waals surface area (Å²) in [6, 6.07) is 8.18. The molecule has 2 aromatic carbocycles. The lowest BCUT2D eigenvalue weighted by Gasteiger charge is -2.16. The van der Waals surface area contributed by atoms with Gasteiger partial charge in [0.25, 0.3) is 11.6 Å². The number of methoxy groups -OCH3 is 1. The smallest absolute Gasteiger partial charge is 0.387 e. The number of carbonyl (C=O) groups excluding carboxylic acids is 2. The number of amides is 1. The first-order valence-corrected chi connectivity index (χ1v) is 8.70. The van der Waals surface area contributed by atoms with Gasteiger partial charge >= 0.3 is 12.6 Å². The first-order chi connectivity index (χ1) is 14.8. The van der Waals surface area contributed by atoms with Crippen LogP contribution >= 0.6 is 0 Å². The molecule has 0 spiro atoms. The molecule has 1 amide bonds. The second kappa shape index (κ2) is 10.8. The molecule has 12 heteroatoms. The Morgan fingerprint density at radius 3 is 2.42 bits per heavy atom. The first-order valence-electron chi connectivity index (χ1n) is 8.70. The lowest BCUT2D eigenvalue weighted by molar-refractivity contribution is -0.386. The summed E-state index contributed by atoms with van der Waals surface area (Å²) in [4.78, 5) is 34.8. The number of alkyl halides is 2. The van der Waals surface area contributed by atoms with Gasteiger partial charge in [-0.25, -0.2) is 4.79 Å². The van der Waals surface area contributed by atoms with E-state index in [2.05, 4.69) is 10.1 Å². The third-order valence-electron chi connectivity index (χ3n) is 3.96. The molecule has 0 bridgehead atoms. The van der Waals surface area contributed by atoms with Crippen molar-refractivity contribution in [1.82, 2.24) is 5.32 Å². The van der Waals surface area contributed by atoms with E-state index in [4.69, 9.17) is 9.47 Å². The zero-order chi connectivity index (χ0) is 23.0. The van der Waals surface area contributed by atoms with Gasteiger partial charge in [0.15, 0.2) is 17.5 Å². The predicted octanol–water partition coefficient (Wildman–Crippen LogP) is 2.04. The van der Waals surface area contributed by atoms with Crippen molar-refractivity contribution in [3.63, 3.8) is 0 Å². The van der Waals surface area contributed by atoms with Crippen molar-refractivity contribution < 1.29 is 42.6 Å². The maximum absolute atomic E-state index is 12.5. The Bertz CT molecular complexity index is 940. The molecule has 0 aliphatic heterocycles. The Morgan fingerprint density at radius 1 is 1.19 bits per heavy atom. The van der Waals surface area contributed by atoms with Crippen LogP contribution in [0.1, 0.15) is 15.9 Å². The molecule has 31 heavy (non-hydrogen) atoms. The molecule has 0 aliphatic carbocycles. The molecule has 2 aromatic rings. The number of rotatable bonds is 10. The maximum atomic E-state index is 12.5. The van der Waals surface area contributed by atoms with E-state index < -0.39 is 54.1 Å². The number of ether oxygens (including phenoxy) is 3. The summed E-state index contributed by atoms with van der Waals surface area (Å²) in [5.41, 5.74) is -0.593. The molecular weight excluding hydrogens is 422 g/mol. The fourth-order valence-corrected chi connectivity index (χ4v) is 2.48. The number of hydrogen-bond acceptors (Lipinski definition) is 8. The van der Waals surface area contributed by atoms with Crippen molar-refractivity contribution in [3.05, 3.63) is 63.7 Å². The zero-order valence-corrected chi connectivity index (χ0v) is 16.1. The third-order valence-corrected chi connectivity index (χ3v) is 3.96. The first kappa shape index (κ1) is 23.5. The topological polar surface area (TPSA) is 137 Å². The van der Waals surface area contributed by atoms with Crippen LogP contribution in [0, 0.1) is 10.1 Å². The van der Waals surface area contributed by atoms with Crippen LogP contribution in [0.5, 0.6) is 11.5 Å². The fraction of sp³-hybridized carbons (Fsp3) is 0.263. The van der Waals surface area contributed by atoms with Crippen molar-refractivity contribution in [2.45, 2.75) is 19.3 Å². The van der Waals surface area contributed by atoms with Crippen LogP contribution in [-0.4, -0.2) is 48.3 Å². The van der Waals surface area contributed by atoms with Crippen molar-refractivity contribution in [2.24, 2.45) is 0 Å². The highest BCUT2D eigenvalue weighted by molar-refractivity contribution is 5.96. The number of aliphatic hydroxyl groups is 1. The summed E-state index contributed by atoms with van der Waals surface area (Å²) in [6.07, 6.45) is 0. The normalized spacial score (nSPS) is 11.5. The number of nitro groups is 1. The Morgan fingerprint density at radius 2 is 1.87 bits per heavy atom. The van der Waals surface area contributed by atoms with Gasteiger partial charge in [0, 0.05) is 5.56 Å². The molecule has 10 nitrogen and oxygen atoms in total. The second-order valence-electron chi connectivity index (χ2n) is 5.95. The number of nitrogens with one attached hydrogen (secondary N) is 1. The molecule has 166 valence electrons. The minimum Gasteiger partial charge on any atom is -0.493 e. The van der Waals surface area contributed by atoms with Gasteiger partial charge in [0.1, 0.15) is 6.61 Å². The number of halogens is 2. The van der Waals surface area contributed by atoms with E-state index in [0.29, 0.717) is 0 Å². The largest absolute Gasteiger partial charge is 0.493 e. The summed E-state index contributed by atoms with van der Waals surface area (Å²) in [6.45, 7) is -4.68. The van der Waals surface area contributed by atoms with Crippen LogP contribution in [-0.2, 0) is 16.1 Å². The highest BCUT2D eigenvalue weighted by atomic mass is 19.3. The molecule has 0 saturated heterocycles. The van der Waals surface area contributed by atoms with Gasteiger partial charge in [-0.3, -0.25) is 14.9 Å². The quantitative estimate of drug-likeness (QED) is 0.325. The molecule has 0 fully saturated rings. The van der Waals surface area contributed by atoms with Crippen molar-refractivity contribution in [1.29, 1.82) is 0 Å². The molecule has 1 unspecified atom stereocenters. The van der Waals surface area contributed by atoms with E-state index in [9.17, 15) is 33.6 Å². The monoisotopic (exact) mass is 440 g/mol. The van der Waals surface area contributed by atoms with Crippen molar-refractivity contribution in [2.75, 3.05) is 13.7 Å². The summed E-state index contributed by atoms with van der Waals surface area (Å²) in [7, 11) is 1.14. The van der Waals surface area contributed by atoms with Gasteiger partial charge in [0.05, 0.1) is 30.3 Å². The standard InChI is InChI=1S/C19H18F2N2O8/c1-29-15-7-12(14(23(27)28)8-16(15)31-19(20)21)10-30-18(26)13(9-24)22-17(25)11-5-3-2-4-6-11/h2-8,13,19,24H,9-10H2,1H3,(H,22,25). The average molecular weight is 440 g/mol. The summed E-state index contributed by atoms with van der Waals surface area (Å²) < 4.78 is 39.1.